The molecule has 6 heteroatoms. The Hall–Kier alpha value is -2.47. The highest BCUT2D eigenvalue weighted by atomic mass is 16.5. The van der Waals surface area contributed by atoms with Gasteiger partial charge < -0.3 is 10.3 Å². The number of para-hydroxylation sites is 1. The molecule has 0 atom stereocenters. The predicted octanol–water partition coefficient (Wildman–Crippen LogP) is 2.26. The molecular weight excluding hydrogens is 266 g/mol. The Morgan fingerprint density at radius 3 is 2.76 bits per heavy atom. The van der Waals surface area contributed by atoms with Crippen LogP contribution in [0, 0.1) is 0 Å². The van der Waals surface area contributed by atoms with Gasteiger partial charge in [0.1, 0.15) is 0 Å². The number of rotatable bonds is 3. The molecule has 0 spiro atoms. The van der Waals surface area contributed by atoms with E-state index in [2.05, 4.69) is 15.2 Å². The zero-order valence-corrected chi connectivity index (χ0v) is 11.4. The van der Waals surface area contributed by atoms with Gasteiger partial charge in [-0.1, -0.05) is 17.3 Å². The molecular formula is C15H15N5O. The molecule has 1 aliphatic carbocycles. The summed E-state index contributed by atoms with van der Waals surface area (Å²) in [6, 6.07) is 9.67. The SMILES string of the molecule is NC1(c2noc(-c3ccccc3-n3cccn3)n2)CCC1. The lowest BCUT2D eigenvalue weighted by atomic mass is 9.77. The maximum Gasteiger partial charge on any atom is 0.260 e. The van der Waals surface area contributed by atoms with Crippen molar-refractivity contribution in [3.05, 3.63) is 48.5 Å². The maximum atomic E-state index is 6.25. The van der Waals surface area contributed by atoms with Crippen LogP contribution in [0.3, 0.4) is 0 Å². The predicted molar refractivity (Wildman–Crippen MR) is 76.6 cm³/mol. The molecule has 0 amide bonds. The molecule has 1 aliphatic rings. The molecule has 106 valence electrons. The van der Waals surface area contributed by atoms with Crippen LogP contribution in [-0.2, 0) is 5.54 Å². The van der Waals surface area contributed by atoms with E-state index in [0.717, 1.165) is 30.5 Å². The average Bonchev–Trinajstić information content (AvgIpc) is 3.16. The fourth-order valence-corrected chi connectivity index (χ4v) is 2.58. The van der Waals surface area contributed by atoms with E-state index in [0.29, 0.717) is 11.7 Å². The number of nitrogens with two attached hydrogens (primary N) is 1. The van der Waals surface area contributed by atoms with Crippen LogP contribution >= 0.6 is 0 Å². The summed E-state index contributed by atoms with van der Waals surface area (Å²) in [4.78, 5) is 4.50. The first-order valence-corrected chi connectivity index (χ1v) is 6.99. The molecule has 0 aliphatic heterocycles. The highest BCUT2D eigenvalue weighted by Gasteiger charge is 2.39. The molecule has 6 nitrogen and oxygen atoms in total. The molecule has 0 saturated heterocycles. The van der Waals surface area contributed by atoms with Crippen LogP contribution < -0.4 is 5.73 Å². The summed E-state index contributed by atoms with van der Waals surface area (Å²) in [6.07, 6.45) is 6.55. The summed E-state index contributed by atoms with van der Waals surface area (Å²) in [5, 5.41) is 8.33. The Labute approximate surface area is 121 Å². The molecule has 2 aromatic heterocycles. The molecule has 3 aromatic rings. The summed E-state index contributed by atoms with van der Waals surface area (Å²) >= 11 is 0. The minimum absolute atomic E-state index is 0.414. The van der Waals surface area contributed by atoms with Crippen LogP contribution in [-0.4, -0.2) is 19.9 Å². The van der Waals surface area contributed by atoms with Crippen LogP contribution in [0.5, 0.6) is 0 Å². The monoisotopic (exact) mass is 281 g/mol. The summed E-state index contributed by atoms with van der Waals surface area (Å²) < 4.78 is 7.21. The normalized spacial score (nSPS) is 16.6. The van der Waals surface area contributed by atoms with Crippen LogP contribution in [0.15, 0.2) is 47.2 Å². The second-order valence-electron chi connectivity index (χ2n) is 5.40. The molecule has 0 unspecified atom stereocenters. The van der Waals surface area contributed by atoms with Crippen LogP contribution in [0.4, 0.5) is 0 Å². The summed E-state index contributed by atoms with van der Waals surface area (Å²) in [6.45, 7) is 0. The van der Waals surface area contributed by atoms with E-state index in [1.807, 2.05) is 36.5 Å². The van der Waals surface area contributed by atoms with Gasteiger partial charge >= 0.3 is 0 Å². The van der Waals surface area contributed by atoms with Crippen LogP contribution in [0.1, 0.15) is 25.1 Å². The molecule has 21 heavy (non-hydrogen) atoms. The minimum atomic E-state index is -0.414. The van der Waals surface area contributed by atoms with E-state index < -0.39 is 5.54 Å². The fraction of sp³-hybridized carbons (Fsp3) is 0.267. The molecule has 0 bridgehead atoms. The van der Waals surface area contributed by atoms with Gasteiger partial charge in [-0.3, -0.25) is 0 Å². The number of nitrogens with zero attached hydrogens (tertiary/aromatic N) is 4. The molecule has 1 aromatic carbocycles. The molecule has 4 rings (SSSR count). The topological polar surface area (TPSA) is 82.8 Å². The summed E-state index contributed by atoms with van der Waals surface area (Å²) in [7, 11) is 0. The highest BCUT2D eigenvalue weighted by molar-refractivity contribution is 5.65. The first-order chi connectivity index (χ1) is 10.3. The number of hydrogen-bond acceptors (Lipinski definition) is 5. The lowest BCUT2D eigenvalue weighted by Gasteiger charge is -2.34. The van der Waals surface area contributed by atoms with Gasteiger partial charge in [-0.05, 0) is 37.5 Å². The Morgan fingerprint density at radius 2 is 2.05 bits per heavy atom. The smallest absolute Gasteiger partial charge is 0.260 e. The largest absolute Gasteiger partial charge is 0.334 e. The molecule has 0 radical (unpaired) electrons. The Morgan fingerprint density at radius 1 is 1.19 bits per heavy atom. The quantitative estimate of drug-likeness (QED) is 0.796. The van der Waals surface area contributed by atoms with E-state index in [1.54, 1.807) is 10.9 Å². The third kappa shape index (κ3) is 1.95. The molecule has 2 heterocycles. The highest BCUT2D eigenvalue weighted by Crippen LogP contribution is 2.38. The lowest BCUT2D eigenvalue weighted by Crippen LogP contribution is -2.44. The van der Waals surface area contributed by atoms with Gasteiger partial charge in [-0.15, -0.1) is 0 Å². The third-order valence-electron chi connectivity index (χ3n) is 4.00. The van der Waals surface area contributed by atoms with Gasteiger partial charge in [-0.25, -0.2) is 4.68 Å². The fourth-order valence-electron chi connectivity index (χ4n) is 2.58. The Kier molecular flexibility index (Phi) is 2.65. The van der Waals surface area contributed by atoms with Crippen molar-refractivity contribution in [1.82, 2.24) is 19.9 Å². The van der Waals surface area contributed by atoms with Crippen molar-refractivity contribution in [2.45, 2.75) is 24.8 Å². The second-order valence-corrected chi connectivity index (χ2v) is 5.40. The van der Waals surface area contributed by atoms with E-state index in [4.69, 9.17) is 10.3 Å². The van der Waals surface area contributed by atoms with Crippen molar-refractivity contribution in [2.24, 2.45) is 5.73 Å². The van der Waals surface area contributed by atoms with Gasteiger partial charge in [0.15, 0.2) is 5.82 Å². The van der Waals surface area contributed by atoms with Crippen molar-refractivity contribution in [2.75, 3.05) is 0 Å². The van der Waals surface area contributed by atoms with Crippen molar-refractivity contribution >= 4 is 0 Å². The van der Waals surface area contributed by atoms with Crippen LogP contribution in [0.2, 0.25) is 0 Å². The summed E-state index contributed by atoms with van der Waals surface area (Å²) in [5.74, 6) is 1.08. The minimum Gasteiger partial charge on any atom is -0.334 e. The first kappa shape index (κ1) is 12.3. The number of benzene rings is 1. The van der Waals surface area contributed by atoms with Crippen molar-refractivity contribution < 1.29 is 4.52 Å². The Balaban J connectivity index is 1.77. The van der Waals surface area contributed by atoms with Gasteiger partial charge in [-0.2, -0.15) is 10.1 Å². The Bertz CT molecular complexity index is 758. The third-order valence-corrected chi connectivity index (χ3v) is 4.00. The van der Waals surface area contributed by atoms with Gasteiger partial charge in [0, 0.05) is 12.4 Å². The van der Waals surface area contributed by atoms with Crippen LogP contribution in [0.25, 0.3) is 17.1 Å². The zero-order chi connectivity index (χ0) is 14.3. The van der Waals surface area contributed by atoms with Gasteiger partial charge in [0.05, 0.1) is 16.8 Å². The van der Waals surface area contributed by atoms with Crippen molar-refractivity contribution in [3.8, 4) is 17.1 Å². The number of aromatic nitrogens is 4. The summed E-state index contributed by atoms with van der Waals surface area (Å²) in [5.41, 5.74) is 7.58. The van der Waals surface area contributed by atoms with Crippen molar-refractivity contribution in [3.63, 3.8) is 0 Å². The number of hydrogen-bond donors (Lipinski definition) is 1. The maximum absolute atomic E-state index is 6.25. The van der Waals surface area contributed by atoms with E-state index in [-0.39, 0.29) is 0 Å². The van der Waals surface area contributed by atoms with Gasteiger partial charge in [0.2, 0.25) is 0 Å². The van der Waals surface area contributed by atoms with E-state index >= 15 is 0 Å². The van der Waals surface area contributed by atoms with Crippen molar-refractivity contribution in [1.29, 1.82) is 0 Å². The molecule has 2 N–H and O–H groups in total. The second kappa shape index (κ2) is 4.53. The first-order valence-electron chi connectivity index (χ1n) is 6.99. The lowest BCUT2D eigenvalue weighted by molar-refractivity contribution is 0.229. The molecule has 1 fully saturated rings. The standard InChI is InChI=1S/C15H15N5O/c16-15(7-3-8-15)14-18-13(21-19-14)11-5-1-2-6-12(11)20-10-4-9-17-20/h1-2,4-6,9-10H,3,7-8,16H2. The van der Waals surface area contributed by atoms with E-state index in [9.17, 15) is 0 Å². The average molecular weight is 281 g/mol. The van der Waals surface area contributed by atoms with Gasteiger partial charge in [0.25, 0.3) is 5.89 Å². The zero-order valence-electron chi connectivity index (χ0n) is 11.4. The molecule has 1 saturated carbocycles. The van der Waals surface area contributed by atoms with E-state index in [1.165, 1.54) is 0 Å².